The van der Waals surface area contributed by atoms with Gasteiger partial charge in [-0.05, 0) is 12.5 Å². The van der Waals surface area contributed by atoms with Crippen LogP contribution in [0.3, 0.4) is 0 Å². The lowest BCUT2D eigenvalue weighted by molar-refractivity contribution is 0.350. The molecule has 62 valence electrons. The molecule has 1 aromatic carbocycles. The molecule has 1 heteroatoms. The van der Waals surface area contributed by atoms with Crippen LogP contribution in [0.15, 0.2) is 24.3 Å². The molecule has 0 atom stereocenters. The average Bonchev–Trinajstić information content (AvgIpc) is 2.09. The van der Waals surface area contributed by atoms with E-state index in [1.165, 1.54) is 11.1 Å². The van der Waals surface area contributed by atoms with Crippen LogP contribution in [0.2, 0.25) is 0 Å². The van der Waals surface area contributed by atoms with Gasteiger partial charge in [0, 0.05) is 6.42 Å². The number of aliphatic hydroxyl groups is 1. The van der Waals surface area contributed by atoms with Crippen LogP contribution in [0.1, 0.15) is 11.1 Å². The smallest absolute Gasteiger partial charge is 0.104 e. The van der Waals surface area contributed by atoms with Crippen LogP contribution in [0, 0.1) is 18.8 Å². The summed E-state index contributed by atoms with van der Waals surface area (Å²) in [6.07, 6.45) is 0.723. The van der Waals surface area contributed by atoms with Gasteiger partial charge < -0.3 is 5.11 Å². The summed E-state index contributed by atoms with van der Waals surface area (Å²) in [5, 5.41) is 8.41. The van der Waals surface area contributed by atoms with Crippen molar-refractivity contribution in [3.63, 3.8) is 0 Å². The summed E-state index contributed by atoms with van der Waals surface area (Å²) in [4.78, 5) is 0. The maximum absolute atomic E-state index is 8.41. The van der Waals surface area contributed by atoms with Gasteiger partial charge in [0.1, 0.15) is 6.61 Å². The minimum absolute atomic E-state index is 0.0497. The van der Waals surface area contributed by atoms with Gasteiger partial charge in [-0.3, -0.25) is 0 Å². The molecular formula is C11H12O. The molecule has 12 heavy (non-hydrogen) atoms. The standard InChI is InChI=1S/C11H12O/c1-10-5-7-11(8-6-10)4-2-3-9-12/h5-8,12H,4,9H2,1H3. The van der Waals surface area contributed by atoms with E-state index in [4.69, 9.17) is 5.11 Å². The van der Waals surface area contributed by atoms with E-state index >= 15 is 0 Å². The van der Waals surface area contributed by atoms with Crippen molar-refractivity contribution in [1.82, 2.24) is 0 Å². The highest BCUT2D eigenvalue weighted by Crippen LogP contribution is 2.02. The van der Waals surface area contributed by atoms with E-state index in [0.717, 1.165) is 6.42 Å². The van der Waals surface area contributed by atoms with Crippen molar-refractivity contribution in [3.05, 3.63) is 35.4 Å². The van der Waals surface area contributed by atoms with Gasteiger partial charge in [0.05, 0.1) is 0 Å². The zero-order chi connectivity index (χ0) is 8.81. The predicted molar refractivity (Wildman–Crippen MR) is 49.7 cm³/mol. The van der Waals surface area contributed by atoms with E-state index in [1.54, 1.807) is 0 Å². The average molecular weight is 160 g/mol. The highest BCUT2D eigenvalue weighted by atomic mass is 16.2. The molecule has 1 N–H and O–H groups in total. The number of aryl methyl sites for hydroxylation is 1. The minimum atomic E-state index is -0.0497. The molecule has 0 radical (unpaired) electrons. The molecule has 0 fully saturated rings. The molecule has 0 heterocycles. The second-order valence-electron chi connectivity index (χ2n) is 2.67. The number of rotatable bonds is 1. The minimum Gasteiger partial charge on any atom is -0.384 e. The van der Waals surface area contributed by atoms with Gasteiger partial charge >= 0.3 is 0 Å². The fourth-order valence-electron chi connectivity index (χ4n) is 0.926. The molecule has 1 rings (SSSR count). The lowest BCUT2D eigenvalue weighted by Crippen LogP contribution is -1.82. The van der Waals surface area contributed by atoms with Gasteiger partial charge in [-0.2, -0.15) is 0 Å². The first-order valence-corrected chi connectivity index (χ1v) is 3.95. The molecule has 0 saturated heterocycles. The Morgan fingerprint density at radius 2 is 1.83 bits per heavy atom. The van der Waals surface area contributed by atoms with Crippen molar-refractivity contribution in [2.75, 3.05) is 6.61 Å². The number of hydrogen-bond acceptors (Lipinski definition) is 1. The lowest BCUT2D eigenvalue weighted by Gasteiger charge is -1.94. The SMILES string of the molecule is Cc1ccc(CC#CCO)cc1. The van der Waals surface area contributed by atoms with Crippen LogP contribution in [-0.4, -0.2) is 11.7 Å². The van der Waals surface area contributed by atoms with Crippen molar-refractivity contribution in [1.29, 1.82) is 0 Å². The van der Waals surface area contributed by atoms with Gasteiger partial charge in [0.25, 0.3) is 0 Å². The monoisotopic (exact) mass is 160 g/mol. The van der Waals surface area contributed by atoms with Gasteiger partial charge in [-0.1, -0.05) is 41.7 Å². The maximum Gasteiger partial charge on any atom is 0.104 e. The van der Waals surface area contributed by atoms with E-state index in [-0.39, 0.29) is 6.61 Å². The third kappa shape index (κ3) is 2.77. The summed E-state index contributed by atoms with van der Waals surface area (Å²) in [6.45, 7) is 2.01. The number of aliphatic hydroxyl groups excluding tert-OH is 1. The molecule has 0 amide bonds. The van der Waals surface area contributed by atoms with Crippen LogP contribution in [0.5, 0.6) is 0 Å². The predicted octanol–water partition coefficient (Wildman–Crippen LogP) is 1.53. The topological polar surface area (TPSA) is 20.2 Å². The summed E-state index contributed by atoms with van der Waals surface area (Å²) in [5.41, 5.74) is 2.45. The van der Waals surface area contributed by atoms with Crippen LogP contribution < -0.4 is 0 Å². The second kappa shape index (κ2) is 4.58. The normalized spacial score (nSPS) is 8.83. The quantitative estimate of drug-likeness (QED) is 0.618. The summed E-state index contributed by atoms with van der Waals surface area (Å²) >= 11 is 0. The van der Waals surface area contributed by atoms with Crippen LogP contribution in [0.4, 0.5) is 0 Å². The van der Waals surface area contributed by atoms with Crippen LogP contribution >= 0.6 is 0 Å². The van der Waals surface area contributed by atoms with Gasteiger partial charge in [0.2, 0.25) is 0 Å². The Kier molecular flexibility index (Phi) is 3.37. The van der Waals surface area contributed by atoms with Gasteiger partial charge in [0.15, 0.2) is 0 Å². The second-order valence-corrected chi connectivity index (χ2v) is 2.67. The zero-order valence-corrected chi connectivity index (χ0v) is 7.17. The van der Waals surface area contributed by atoms with Crippen molar-refractivity contribution >= 4 is 0 Å². The van der Waals surface area contributed by atoms with E-state index in [0.29, 0.717) is 0 Å². The Morgan fingerprint density at radius 3 is 2.42 bits per heavy atom. The fourth-order valence-corrected chi connectivity index (χ4v) is 0.926. The van der Waals surface area contributed by atoms with E-state index in [2.05, 4.69) is 43.0 Å². The first-order valence-electron chi connectivity index (χ1n) is 3.95. The number of benzene rings is 1. The van der Waals surface area contributed by atoms with E-state index < -0.39 is 0 Å². The molecule has 0 saturated carbocycles. The fraction of sp³-hybridized carbons (Fsp3) is 0.273. The molecule has 0 bridgehead atoms. The van der Waals surface area contributed by atoms with Crippen molar-refractivity contribution in [2.24, 2.45) is 0 Å². The molecule has 0 aromatic heterocycles. The molecule has 0 aliphatic carbocycles. The Hall–Kier alpha value is -1.26. The van der Waals surface area contributed by atoms with Crippen molar-refractivity contribution < 1.29 is 5.11 Å². The van der Waals surface area contributed by atoms with Gasteiger partial charge in [-0.25, -0.2) is 0 Å². The Labute approximate surface area is 73.0 Å². The molecule has 0 unspecified atom stereocenters. The van der Waals surface area contributed by atoms with Crippen LogP contribution in [0.25, 0.3) is 0 Å². The summed E-state index contributed by atoms with van der Waals surface area (Å²) in [5.74, 6) is 5.49. The maximum atomic E-state index is 8.41. The Balaban J connectivity index is 2.59. The number of hydrogen-bond donors (Lipinski definition) is 1. The van der Waals surface area contributed by atoms with Crippen molar-refractivity contribution in [2.45, 2.75) is 13.3 Å². The highest BCUT2D eigenvalue weighted by molar-refractivity contribution is 5.24. The Morgan fingerprint density at radius 1 is 1.17 bits per heavy atom. The molecule has 0 aliphatic heterocycles. The van der Waals surface area contributed by atoms with E-state index in [9.17, 15) is 0 Å². The van der Waals surface area contributed by atoms with Crippen molar-refractivity contribution in [3.8, 4) is 11.8 Å². The lowest BCUT2D eigenvalue weighted by atomic mass is 10.1. The summed E-state index contributed by atoms with van der Waals surface area (Å²) in [7, 11) is 0. The first-order chi connectivity index (χ1) is 5.83. The van der Waals surface area contributed by atoms with E-state index in [1.807, 2.05) is 0 Å². The largest absolute Gasteiger partial charge is 0.384 e. The summed E-state index contributed by atoms with van der Waals surface area (Å²) < 4.78 is 0. The third-order valence-corrected chi connectivity index (χ3v) is 1.62. The zero-order valence-electron chi connectivity index (χ0n) is 7.17. The Bertz CT molecular complexity index is 287. The molecule has 1 aromatic rings. The van der Waals surface area contributed by atoms with Gasteiger partial charge in [-0.15, -0.1) is 0 Å². The highest BCUT2D eigenvalue weighted by Gasteiger charge is 1.87. The molecular weight excluding hydrogens is 148 g/mol. The molecule has 0 aliphatic rings. The van der Waals surface area contributed by atoms with Crippen LogP contribution in [-0.2, 0) is 6.42 Å². The third-order valence-electron chi connectivity index (χ3n) is 1.62. The first kappa shape index (κ1) is 8.83. The molecule has 0 spiro atoms. The summed E-state index contributed by atoms with van der Waals surface area (Å²) in [6, 6.07) is 8.24. The molecule has 1 nitrogen and oxygen atoms in total.